The molecule has 0 fully saturated rings. The molecule has 3 aromatic rings. The van der Waals surface area contributed by atoms with Crippen LogP contribution in [0.15, 0.2) is 77.7 Å². The number of ether oxygens (including phenoxy) is 1. The van der Waals surface area contributed by atoms with E-state index < -0.39 is 40.3 Å². The molecule has 0 aliphatic carbocycles. The number of hydrogen-bond acceptors (Lipinski definition) is 4. The van der Waals surface area contributed by atoms with Gasteiger partial charge in [-0.15, -0.1) is 0 Å². The number of benzene rings is 3. The van der Waals surface area contributed by atoms with Crippen LogP contribution in [0.1, 0.15) is 29.7 Å². The number of halogens is 3. The van der Waals surface area contributed by atoms with Gasteiger partial charge >= 0.3 is 6.18 Å². The average molecular weight is 507 g/mol. The molecular formula is C25H25F3N2O4S. The number of nitrogens with zero attached hydrogens (tertiary/aromatic N) is 1. The van der Waals surface area contributed by atoms with Crippen LogP contribution in [0.3, 0.4) is 0 Å². The summed E-state index contributed by atoms with van der Waals surface area (Å²) in [5.74, 6) is -0.681. The molecule has 1 amide bonds. The highest BCUT2D eigenvalue weighted by molar-refractivity contribution is 7.93. The lowest BCUT2D eigenvalue weighted by Crippen LogP contribution is -2.41. The monoisotopic (exact) mass is 506 g/mol. The minimum Gasteiger partial charge on any atom is -0.495 e. The zero-order chi connectivity index (χ0) is 25.8. The normalized spacial score (nSPS) is 12.6. The molecule has 0 aromatic heterocycles. The Morgan fingerprint density at radius 1 is 1.03 bits per heavy atom. The Hall–Kier alpha value is -3.53. The number of anilines is 1. The fourth-order valence-electron chi connectivity index (χ4n) is 3.50. The van der Waals surface area contributed by atoms with Gasteiger partial charge in [0.1, 0.15) is 17.2 Å². The zero-order valence-corrected chi connectivity index (χ0v) is 20.2. The Kier molecular flexibility index (Phi) is 7.74. The predicted molar refractivity (Wildman–Crippen MR) is 127 cm³/mol. The first-order chi connectivity index (χ1) is 16.4. The van der Waals surface area contributed by atoms with Gasteiger partial charge in [0.05, 0.1) is 24.4 Å². The van der Waals surface area contributed by atoms with E-state index in [4.69, 9.17) is 4.74 Å². The van der Waals surface area contributed by atoms with E-state index in [-0.39, 0.29) is 16.3 Å². The molecule has 0 aliphatic rings. The van der Waals surface area contributed by atoms with Gasteiger partial charge in [-0.05, 0) is 55.3 Å². The Morgan fingerprint density at radius 2 is 1.71 bits per heavy atom. The number of carbonyl (C=O) groups excluding carboxylic acids is 1. The van der Waals surface area contributed by atoms with E-state index in [1.54, 1.807) is 44.2 Å². The largest absolute Gasteiger partial charge is 0.495 e. The standard InChI is InChI=1S/C25H25F3N2O4S/c1-17-12-13-22(34-3)23(14-17)35(32,33)30(21-11-7-10-20(15-21)25(26,27)28)16-24(31)29-18(2)19-8-5-4-6-9-19/h4-15,18H,16H2,1-3H3,(H,29,31)/t18-/m0/s1. The minimum absolute atomic E-state index is 0.00522. The fraction of sp³-hybridized carbons (Fsp3) is 0.240. The summed E-state index contributed by atoms with van der Waals surface area (Å²) in [6.07, 6.45) is -4.70. The maximum Gasteiger partial charge on any atom is 0.416 e. The molecule has 0 bridgehead atoms. The number of sulfonamides is 1. The van der Waals surface area contributed by atoms with E-state index in [1.807, 2.05) is 6.07 Å². The highest BCUT2D eigenvalue weighted by Gasteiger charge is 2.34. The maximum atomic E-state index is 13.7. The first-order valence-corrected chi connectivity index (χ1v) is 12.1. The number of carbonyl (C=O) groups is 1. The summed E-state index contributed by atoms with van der Waals surface area (Å²) >= 11 is 0. The van der Waals surface area contributed by atoms with Crippen molar-refractivity contribution in [3.05, 3.63) is 89.5 Å². The molecule has 0 unspecified atom stereocenters. The van der Waals surface area contributed by atoms with Crippen molar-refractivity contribution in [1.82, 2.24) is 5.32 Å². The third kappa shape index (κ3) is 6.13. The lowest BCUT2D eigenvalue weighted by Gasteiger charge is -2.26. The summed E-state index contributed by atoms with van der Waals surface area (Å²) in [5, 5.41) is 2.71. The number of amides is 1. The Morgan fingerprint density at radius 3 is 2.34 bits per heavy atom. The second-order valence-electron chi connectivity index (χ2n) is 7.91. The van der Waals surface area contributed by atoms with Crippen molar-refractivity contribution < 1.29 is 31.1 Å². The van der Waals surface area contributed by atoms with E-state index in [0.717, 1.165) is 17.7 Å². The molecule has 6 nitrogen and oxygen atoms in total. The van der Waals surface area contributed by atoms with Gasteiger partial charge in [-0.3, -0.25) is 9.10 Å². The minimum atomic E-state index is -4.70. The van der Waals surface area contributed by atoms with Gasteiger partial charge in [0.25, 0.3) is 10.0 Å². The van der Waals surface area contributed by atoms with Crippen LogP contribution in [0.2, 0.25) is 0 Å². The van der Waals surface area contributed by atoms with Crippen LogP contribution in [0, 0.1) is 6.92 Å². The molecule has 3 aromatic carbocycles. The summed E-state index contributed by atoms with van der Waals surface area (Å²) in [7, 11) is -3.21. The van der Waals surface area contributed by atoms with Crippen LogP contribution in [-0.4, -0.2) is 28.0 Å². The van der Waals surface area contributed by atoms with Crippen molar-refractivity contribution >= 4 is 21.6 Å². The van der Waals surface area contributed by atoms with E-state index in [0.29, 0.717) is 15.9 Å². The maximum absolute atomic E-state index is 13.7. The summed E-state index contributed by atoms with van der Waals surface area (Å²) < 4.78 is 73.4. The molecule has 35 heavy (non-hydrogen) atoms. The number of nitrogens with one attached hydrogen (secondary N) is 1. The molecule has 0 aliphatic heterocycles. The fourth-order valence-corrected chi connectivity index (χ4v) is 5.16. The average Bonchev–Trinajstić information content (AvgIpc) is 2.82. The van der Waals surface area contributed by atoms with Crippen molar-refractivity contribution in [2.45, 2.75) is 31.0 Å². The third-order valence-electron chi connectivity index (χ3n) is 5.31. The summed E-state index contributed by atoms with van der Waals surface area (Å²) in [4.78, 5) is 12.7. The molecule has 186 valence electrons. The summed E-state index contributed by atoms with van der Waals surface area (Å²) in [6, 6.07) is 16.8. The molecule has 0 radical (unpaired) electrons. The second-order valence-corrected chi connectivity index (χ2v) is 9.74. The summed E-state index contributed by atoms with van der Waals surface area (Å²) in [6.45, 7) is 2.65. The van der Waals surface area contributed by atoms with Crippen LogP contribution in [-0.2, 0) is 21.0 Å². The van der Waals surface area contributed by atoms with E-state index >= 15 is 0 Å². The molecule has 0 saturated heterocycles. The molecule has 3 rings (SSSR count). The number of methoxy groups -OCH3 is 1. The number of hydrogen-bond donors (Lipinski definition) is 1. The Labute approximate surface area is 202 Å². The quantitative estimate of drug-likeness (QED) is 0.462. The van der Waals surface area contributed by atoms with Gasteiger partial charge in [0.2, 0.25) is 5.91 Å². The zero-order valence-electron chi connectivity index (χ0n) is 19.3. The van der Waals surface area contributed by atoms with Crippen LogP contribution in [0.25, 0.3) is 0 Å². The van der Waals surface area contributed by atoms with Crippen LogP contribution in [0.5, 0.6) is 5.75 Å². The van der Waals surface area contributed by atoms with Gasteiger partial charge in [0.15, 0.2) is 0 Å². The van der Waals surface area contributed by atoms with E-state index in [1.165, 1.54) is 25.3 Å². The van der Waals surface area contributed by atoms with Gasteiger partial charge in [0, 0.05) is 0 Å². The smallest absolute Gasteiger partial charge is 0.416 e. The van der Waals surface area contributed by atoms with E-state index in [9.17, 15) is 26.4 Å². The molecule has 0 heterocycles. The van der Waals surface area contributed by atoms with E-state index in [2.05, 4.69) is 5.32 Å². The topological polar surface area (TPSA) is 75.7 Å². The molecule has 10 heteroatoms. The van der Waals surface area contributed by atoms with Gasteiger partial charge in [-0.1, -0.05) is 42.5 Å². The number of aryl methyl sites for hydroxylation is 1. The molecule has 0 spiro atoms. The summed E-state index contributed by atoms with van der Waals surface area (Å²) in [5.41, 5.74) is 0.0422. The van der Waals surface area contributed by atoms with Gasteiger partial charge < -0.3 is 10.1 Å². The predicted octanol–water partition coefficient (Wildman–Crippen LogP) is 5.10. The van der Waals surface area contributed by atoms with Crippen LogP contribution < -0.4 is 14.4 Å². The van der Waals surface area contributed by atoms with Crippen LogP contribution in [0.4, 0.5) is 18.9 Å². The van der Waals surface area contributed by atoms with Gasteiger partial charge in [-0.2, -0.15) is 13.2 Å². The lowest BCUT2D eigenvalue weighted by molar-refractivity contribution is -0.137. The Bertz CT molecular complexity index is 1300. The molecular weight excluding hydrogens is 481 g/mol. The number of rotatable bonds is 8. The number of alkyl halides is 3. The first-order valence-electron chi connectivity index (χ1n) is 10.6. The SMILES string of the molecule is COc1ccc(C)cc1S(=O)(=O)N(CC(=O)N[C@@H](C)c1ccccc1)c1cccc(C(F)(F)F)c1. The molecule has 0 saturated carbocycles. The molecule has 1 atom stereocenters. The van der Waals surface area contributed by atoms with Crippen molar-refractivity contribution in [3.8, 4) is 5.75 Å². The van der Waals surface area contributed by atoms with Crippen molar-refractivity contribution in [2.75, 3.05) is 18.0 Å². The van der Waals surface area contributed by atoms with Crippen LogP contribution >= 0.6 is 0 Å². The first kappa shape index (κ1) is 26.1. The van der Waals surface area contributed by atoms with Crippen molar-refractivity contribution in [1.29, 1.82) is 0 Å². The highest BCUT2D eigenvalue weighted by Crippen LogP contribution is 2.35. The van der Waals surface area contributed by atoms with Crippen molar-refractivity contribution in [3.63, 3.8) is 0 Å². The highest BCUT2D eigenvalue weighted by atomic mass is 32.2. The van der Waals surface area contributed by atoms with Crippen molar-refractivity contribution in [2.24, 2.45) is 0 Å². The third-order valence-corrected chi connectivity index (χ3v) is 7.11. The van der Waals surface area contributed by atoms with Gasteiger partial charge in [-0.25, -0.2) is 8.42 Å². The molecule has 1 N–H and O–H groups in total. The lowest BCUT2D eigenvalue weighted by atomic mass is 10.1. The Balaban J connectivity index is 2.05. The second kappa shape index (κ2) is 10.4.